The Morgan fingerprint density at radius 3 is 2.67 bits per heavy atom. The number of carbonyl (C=O) groups excluding carboxylic acids is 1. The number of hydrogen-bond acceptors (Lipinski definition) is 1. The predicted octanol–water partition coefficient (Wildman–Crippen LogP) is 4.21. The van der Waals surface area contributed by atoms with Gasteiger partial charge in [0, 0.05) is 16.5 Å². The molecule has 2 aromatic rings. The molecule has 108 valence electrons. The molecule has 2 nitrogen and oxygen atoms in total. The number of fused-ring (bicyclic) bond motifs is 1. The highest BCUT2D eigenvalue weighted by Gasteiger charge is 2.25. The van der Waals surface area contributed by atoms with Gasteiger partial charge in [-0.3, -0.25) is 4.79 Å². The fourth-order valence-electron chi connectivity index (χ4n) is 2.50. The number of nitrogens with zero attached hydrogens (tertiary/aromatic N) is 1. The summed E-state index contributed by atoms with van der Waals surface area (Å²) < 4.78 is 28.0. The van der Waals surface area contributed by atoms with Crippen molar-refractivity contribution in [3.05, 3.63) is 63.6 Å². The average molecular weight is 352 g/mol. The van der Waals surface area contributed by atoms with Gasteiger partial charge in [0.2, 0.25) is 5.91 Å². The van der Waals surface area contributed by atoms with Crippen LogP contribution in [0.2, 0.25) is 0 Å². The number of aryl methyl sites for hydroxylation is 1. The number of hydrogen-bond donors (Lipinski definition) is 0. The van der Waals surface area contributed by atoms with E-state index in [0.29, 0.717) is 28.6 Å². The number of benzene rings is 2. The van der Waals surface area contributed by atoms with Gasteiger partial charge in [0.05, 0.1) is 12.2 Å². The number of halogens is 3. The van der Waals surface area contributed by atoms with Crippen molar-refractivity contribution < 1.29 is 13.6 Å². The molecular weight excluding hydrogens is 340 g/mol. The Morgan fingerprint density at radius 2 is 1.90 bits per heavy atom. The second-order valence-corrected chi connectivity index (χ2v) is 5.90. The lowest BCUT2D eigenvalue weighted by molar-refractivity contribution is -0.119. The van der Waals surface area contributed by atoms with E-state index in [1.165, 1.54) is 23.1 Å². The van der Waals surface area contributed by atoms with Crippen LogP contribution in [0, 0.1) is 11.6 Å². The van der Waals surface area contributed by atoms with Gasteiger partial charge in [0.15, 0.2) is 0 Å². The molecule has 21 heavy (non-hydrogen) atoms. The highest BCUT2D eigenvalue weighted by molar-refractivity contribution is 9.10. The van der Waals surface area contributed by atoms with Gasteiger partial charge in [0.25, 0.3) is 0 Å². The van der Waals surface area contributed by atoms with Gasteiger partial charge in [-0.05, 0) is 36.2 Å². The largest absolute Gasteiger partial charge is 0.308 e. The zero-order valence-corrected chi connectivity index (χ0v) is 12.7. The molecule has 0 radical (unpaired) electrons. The zero-order valence-electron chi connectivity index (χ0n) is 11.1. The van der Waals surface area contributed by atoms with Crippen molar-refractivity contribution >= 4 is 27.5 Å². The van der Waals surface area contributed by atoms with E-state index in [2.05, 4.69) is 15.9 Å². The van der Waals surface area contributed by atoms with Crippen LogP contribution in [0.25, 0.3) is 0 Å². The molecule has 1 aliphatic rings. The van der Waals surface area contributed by atoms with Crippen molar-refractivity contribution in [1.29, 1.82) is 0 Å². The molecule has 0 aliphatic carbocycles. The molecule has 1 aliphatic heterocycles. The van der Waals surface area contributed by atoms with Gasteiger partial charge >= 0.3 is 0 Å². The zero-order chi connectivity index (χ0) is 15.0. The fourth-order valence-corrected chi connectivity index (χ4v) is 2.84. The summed E-state index contributed by atoms with van der Waals surface area (Å²) in [6.45, 7) is 0.106. The standard InChI is InChI=1S/C16H12BrF2NO/c17-12-4-1-11(14(19)7-12)9-20-15-8-13(18)5-2-10(15)3-6-16(20)21/h1-2,4-5,7-8H,3,6,9H2. The van der Waals surface area contributed by atoms with Crippen molar-refractivity contribution in [2.45, 2.75) is 19.4 Å². The fraction of sp³-hybridized carbons (Fsp3) is 0.188. The van der Waals surface area contributed by atoms with Gasteiger partial charge in [-0.25, -0.2) is 8.78 Å². The normalized spacial score (nSPS) is 14.2. The SMILES string of the molecule is O=C1CCc2ccc(F)cc2N1Cc1ccc(Br)cc1F. The van der Waals surface area contributed by atoms with E-state index in [4.69, 9.17) is 0 Å². The molecule has 1 amide bonds. The first kappa shape index (κ1) is 14.2. The summed E-state index contributed by atoms with van der Waals surface area (Å²) in [5.74, 6) is -0.902. The minimum atomic E-state index is -0.398. The summed E-state index contributed by atoms with van der Waals surface area (Å²) in [7, 11) is 0. The molecule has 0 saturated heterocycles. The van der Waals surface area contributed by atoms with Crippen molar-refractivity contribution in [2.75, 3.05) is 4.90 Å². The molecule has 0 saturated carbocycles. The Balaban J connectivity index is 1.98. The smallest absolute Gasteiger partial charge is 0.227 e. The summed E-state index contributed by atoms with van der Waals surface area (Å²) in [4.78, 5) is 13.6. The Labute approximate surface area is 129 Å². The van der Waals surface area contributed by atoms with E-state index in [0.717, 1.165) is 5.56 Å². The summed E-state index contributed by atoms with van der Waals surface area (Å²) in [5.41, 5.74) is 1.85. The minimum absolute atomic E-state index is 0.106. The Hall–Kier alpha value is -1.75. The first-order chi connectivity index (χ1) is 10.0. The van der Waals surface area contributed by atoms with E-state index in [1.807, 2.05) is 0 Å². The van der Waals surface area contributed by atoms with Crippen molar-refractivity contribution in [2.24, 2.45) is 0 Å². The summed E-state index contributed by atoms with van der Waals surface area (Å²) in [6, 6.07) is 9.11. The molecule has 0 N–H and O–H groups in total. The maximum Gasteiger partial charge on any atom is 0.227 e. The first-order valence-corrected chi connectivity index (χ1v) is 7.36. The quantitative estimate of drug-likeness (QED) is 0.793. The van der Waals surface area contributed by atoms with Crippen LogP contribution in [0.3, 0.4) is 0 Å². The van der Waals surface area contributed by atoms with Crippen LogP contribution >= 0.6 is 15.9 Å². The lowest BCUT2D eigenvalue weighted by Crippen LogP contribution is -2.34. The maximum atomic E-state index is 13.9. The number of rotatable bonds is 2. The highest BCUT2D eigenvalue weighted by Crippen LogP contribution is 2.30. The Bertz CT molecular complexity index is 717. The second-order valence-electron chi connectivity index (χ2n) is 4.99. The molecule has 1 heterocycles. The van der Waals surface area contributed by atoms with Gasteiger partial charge in [0.1, 0.15) is 11.6 Å². The van der Waals surface area contributed by atoms with Crippen LogP contribution in [-0.4, -0.2) is 5.91 Å². The second kappa shape index (κ2) is 5.56. The van der Waals surface area contributed by atoms with Gasteiger partial charge < -0.3 is 4.90 Å². The van der Waals surface area contributed by atoms with Crippen LogP contribution in [0.15, 0.2) is 40.9 Å². The van der Waals surface area contributed by atoms with Gasteiger partial charge in [-0.15, -0.1) is 0 Å². The molecule has 0 bridgehead atoms. The van der Waals surface area contributed by atoms with Crippen LogP contribution in [0.1, 0.15) is 17.5 Å². The average Bonchev–Trinajstić information content (AvgIpc) is 2.44. The van der Waals surface area contributed by atoms with E-state index in [9.17, 15) is 13.6 Å². The van der Waals surface area contributed by atoms with Crippen LogP contribution in [0.4, 0.5) is 14.5 Å². The maximum absolute atomic E-state index is 13.9. The highest BCUT2D eigenvalue weighted by atomic mass is 79.9. The third-order valence-electron chi connectivity index (χ3n) is 3.59. The molecule has 0 spiro atoms. The number of carbonyl (C=O) groups is 1. The third kappa shape index (κ3) is 2.83. The Morgan fingerprint density at radius 1 is 1.10 bits per heavy atom. The first-order valence-electron chi connectivity index (χ1n) is 6.57. The molecular formula is C16H12BrF2NO. The minimum Gasteiger partial charge on any atom is -0.308 e. The monoisotopic (exact) mass is 351 g/mol. The van der Waals surface area contributed by atoms with Crippen LogP contribution < -0.4 is 4.90 Å². The summed E-state index contributed by atoms with van der Waals surface area (Å²) in [5, 5.41) is 0. The van der Waals surface area contributed by atoms with Crippen molar-refractivity contribution in [1.82, 2.24) is 0 Å². The molecule has 5 heteroatoms. The third-order valence-corrected chi connectivity index (χ3v) is 4.08. The summed E-state index contributed by atoms with van der Waals surface area (Å²) >= 11 is 3.20. The lowest BCUT2D eigenvalue weighted by atomic mass is 10.00. The number of anilines is 1. The van der Waals surface area contributed by atoms with Crippen LogP contribution in [0.5, 0.6) is 0 Å². The van der Waals surface area contributed by atoms with Gasteiger partial charge in [-0.2, -0.15) is 0 Å². The van der Waals surface area contributed by atoms with Crippen LogP contribution in [-0.2, 0) is 17.8 Å². The Kier molecular flexibility index (Phi) is 3.76. The van der Waals surface area contributed by atoms with Crippen molar-refractivity contribution in [3.63, 3.8) is 0 Å². The van der Waals surface area contributed by atoms with Crippen molar-refractivity contribution in [3.8, 4) is 0 Å². The van der Waals surface area contributed by atoms with E-state index in [1.54, 1.807) is 18.2 Å². The summed E-state index contributed by atoms with van der Waals surface area (Å²) in [6.07, 6.45) is 0.949. The molecule has 0 aromatic heterocycles. The lowest BCUT2D eigenvalue weighted by Gasteiger charge is -2.29. The molecule has 2 aromatic carbocycles. The van der Waals surface area contributed by atoms with E-state index >= 15 is 0 Å². The van der Waals surface area contributed by atoms with E-state index in [-0.39, 0.29) is 18.3 Å². The number of amides is 1. The molecule has 0 atom stereocenters. The van der Waals surface area contributed by atoms with E-state index < -0.39 is 5.82 Å². The molecule has 0 unspecified atom stereocenters. The molecule has 3 rings (SSSR count). The predicted molar refractivity (Wildman–Crippen MR) is 80.0 cm³/mol. The van der Waals surface area contributed by atoms with Gasteiger partial charge in [-0.1, -0.05) is 28.1 Å². The molecule has 0 fully saturated rings. The topological polar surface area (TPSA) is 20.3 Å².